The molecule has 0 atom stereocenters. The summed E-state index contributed by atoms with van der Waals surface area (Å²) in [5.74, 6) is 0.419. The van der Waals surface area contributed by atoms with Crippen molar-refractivity contribution in [1.29, 1.82) is 0 Å². The van der Waals surface area contributed by atoms with Gasteiger partial charge in [0.25, 0.3) is 0 Å². The highest BCUT2D eigenvalue weighted by atomic mass is 16.5. The Morgan fingerprint density at radius 2 is 1.68 bits per heavy atom. The first-order valence-corrected chi connectivity index (χ1v) is 5.70. The quantitative estimate of drug-likeness (QED) is 0.861. The minimum atomic E-state index is -1.12. The smallest absolute Gasteiger partial charge is 0.319 e. The molecular weight excluding hydrogens is 252 g/mol. The molecule has 1 aromatic carbocycles. The number of aliphatic carboxylic acids is 1. The van der Waals surface area contributed by atoms with Crippen LogP contribution in [0.15, 0.2) is 12.1 Å². The Bertz CT molecular complexity index is 467. The van der Waals surface area contributed by atoms with Crippen molar-refractivity contribution in [3.05, 3.63) is 17.7 Å². The van der Waals surface area contributed by atoms with Crippen LogP contribution >= 0.6 is 0 Å². The summed E-state index contributed by atoms with van der Waals surface area (Å²) in [6.07, 6.45) is 0. The number of carboxylic acids is 1. The number of benzene rings is 1. The molecule has 0 spiro atoms. The highest BCUT2D eigenvalue weighted by Crippen LogP contribution is 2.45. The molecule has 1 saturated heterocycles. The van der Waals surface area contributed by atoms with Gasteiger partial charge >= 0.3 is 5.97 Å². The lowest BCUT2D eigenvalue weighted by Gasteiger charge is -2.39. The molecule has 0 unspecified atom stereocenters. The predicted molar refractivity (Wildman–Crippen MR) is 66.2 cm³/mol. The summed E-state index contributed by atoms with van der Waals surface area (Å²) in [6.45, 7) is 0.197. The Hall–Kier alpha value is -1.95. The molecule has 1 aliphatic heterocycles. The third-order valence-electron chi connectivity index (χ3n) is 3.30. The van der Waals surface area contributed by atoms with E-state index in [1.165, 1.54) is 21.3 Å². The number of carbonyl (C=O) groups is 1. The molecule has 19 heavy (non-hydrogen) atoms. The van der Waals surface area contributed by atoms with Crippen LogP contribution in [0.2, 0.25) is 0 Å². The standard InChI is InChI=1S/C13H16O6/c1-16-8-4-9(17-2)11(10(5-8)18-3)13(12(14)15)6-19-7-13/h4-5H,6-7H2,1-3H3,(H,14,15). The van der Waals surface area contributed by atoms with Gasteiger partial charge in [0, 0.05) is 12.1 Å². The summed E-state index contributed by atoms with van der Waals surface area (Å²) in [5.41, 5.74) is -0.639. The van der Waals surface area contributed by atoms with Crippen molar-refractivity contribution >= 4 is 5.97 Å². The van der Waals surface area contributed by atoms with Crippen molar-refractivity contribution in [2.24, 2.45) is 0 Å². The number of hydrogen-bond donors (Lipinski definition) is 1. The maximum Gasteiger partial charge on any atom is 0.319 e. The molecule has 2 rings (SSSR count). The first-order chi connectivity index (χ1) is 9.08. The molecule has 1 fully saturated rings. The SMILES string of the molecule is COc1cc(OC)c(C2(C(=O)O)COC2)c(OC)c1. The molecule has 0 saturated carbocycles. The molecule has 1 aliphatic rings. The van der Waals surface area contributed by atoms with E-state index in [0.717, 1.165) is 0 Å². The van der Waals surface area contributed by atoms with Crippen LogP contribution in [0.25, 0.3) is 0 Å². The van der Waals surface area contributed by atoms with Crippen LogP contribution in [0.5, 0.6) is 17.2 Å². The van der Waals surface area contributed by atoms with Gasteiger partial charge in [-0.25, -0.2) is 0 Å². The van der Waals surface area contributed by atoms with Gasteiger partial charge in [0.1, 0.15) is 22.7 Å². The van der Waals surface area contributed by atoms with Gasteiger partial charge in [-0.1, -0.05) is 0 Å². The maximum absolute atomic E-state index is 11.6. The zero-order valence-electron chi connectivity index (χ0n) is 11.1. The van der Waals surface area contributed by atoms with Gasteiger partial charge in [-0.05, 0) is 0 Å². The summed E-state index contributed by atoms with van der Waals surface area (Å²) >= 11 is 0. The van der Waals surface area contributed by atoms with E-state index in [9.17, 15) is 9.90 Å². The van der Waals surface area contributed by atoms with Gasteiger partial charge in [0.05, 0.1) is 40.1 Å². The highest BCUT2D eigenvalue weighted by Gasteiger charge is 2.51. The van der Waals surface area contributed by atoms with Gasteiger partial charge in [0.2, 0.25) is 0 Å². The topological polar surface area (TPSA) is 74.2 Å². The second kappa shape index (κ2) is 4.97. The fraction of sp³-hybridized carbons (Fsp3) is 0.462. The van der Waals surface area contributed by atoms with Crippen LogP contribution < -0.4 is 14.2 Å². The largest absolute Gasteiger partial charge is 0.496 e. The lowest BCUT2D eigenvalue weighted by atomic mass is 9.77. The predicted octanol–water partition coefficient (Wildman–Crippen LogP) is 1.06. The van der Waals surface area contributed by atoms with Crippen LogP contribution in [-0.4, -0.2) is 45.6 Å². The minimum Gasteiger partial charge on any atom is -0.496 e. The van der Waals surface area contributed by atoms with E-state index in [2.05, 4.69) is 0 Å². The van der Waals surface area contributed by atoms with Gasteiger partial charge in [-0.3, -0.25) is 4.79 Å². The van der Waals surface area contributed by atoms with Crippen LogP contribution in [0.1, 0.15) is 5.56 Å². The van der Waals surface area contributed by atoms with Crippen molar-refractivity contribution in [3.63, 3.8) is 0 Å². The number of methoxy groups -OCH3 is 3. The average molecular weight is 268 g/mol. The highest BCUT2D eigenvalue weighted by molar-refractivity contribution is 5.85. The molecule has 104 valence electrons. The van der Waals surface area contributed by atoms with Crippen LogP contribution in [0.3, 0.4) is 0 Å². The number of ether oxygens (including phenoxy) is 4. The zero-order valence-corrected chi connectivity index (χ0v) is 11.1. The fourth-order valence-electron chi connectivity index (χ4n) is 2.16. The number of carboxylic acid groups (broad SMARTS) is 1. The second-order valence-corrected chi connectivity index (χ2v) is 4.29. The van der Waals surface area contributed by atoms with E-state index in [0.29, 0.717) is 22.8 Å². The molecule has 1 heterocycles. The molecular formula is C13H16O6. The monoisotopic (exact) mass is 268 g/mol. The van der Waals surface area contributed by atoms with Crippen molar-refractivity contribution in [2.45, 2.75) is 5.41 Å². The molecule has 1 aromatic rings. The summed E-state index contributed by atoms with van der Waals surface area (Å²) in [4.78, 5) is 11.6. The summed E-state index contributed by atoms with van der Waals surface area (Å²) in [6, 6.07) is 3.28. The van der Waals surface area contributed by atoms with E-state index >= 15 is 0 Å². The Kier molecular flexibility index (Phi) is 3.53. The van der Waals surface area contributed by atoms with Crippen molar-refractivity contribution < 1.29 is 28.8 Å². The first kappa shape index (κ1) is 13.5. The van der Waals surface area contributed by atoms with E-state index in [4.69, 9.17) is 18.9 Å². The number of rotatable bonds is 5. The fourth-order valence-corrected chi connectivity index (χ4v) is 2.16. The lowest BCUT2D eigenvalue weighted by Crippen LogP contribution is -2.53. The van der Waals surface area contributed by atoms with E-state index in [1.54, 1.807) is 12.1 Å². The van der Waals surface area contributed by atoms with Gasteiger partial charge in [-0.2, -0.15) is 0 Å². The molecule has 6 nitrogen and oxygen atoms in total. The van der Waals surface area contributed by atoms with Gasteiger partial charge < -0.3 is 24.1 Å². The minimum absolute atomic E-state index is 0.0986. The molecule has 1 N–H and O–H groups in total. The van der Waals surface area contributed by atoms with Crippen molar-refractivity contribution in [3.8, 4) is 17.2 Å². The summed E-state index contributed by atoms with van der Waals surface area (Å²) in [5, 5.41) is 9.48. The Balaban J connectivity index is 2.63. The molecule has 6 heteroatoms. The normalized spacial score (nSPS) is 16.4. The Morgan fingerprint density at radius 3 is 1.95 bits per heavy atom. The molecule has 0 aliphatic carbocycles. The number of hydrogen-bond acceptors (Lipinski definition) is 5. The van der Waals surface area contributed by atoms with Crippen LogP contribution in [0, 0.1) is 0 Å². The Labute approximate surface area is 110 Å². The zero-order chi connectivity index (χ0) is 14.0. The van der Waals surface area contributed by atoms with E-state index in [1.807, 2.05) is 0 Å². The first-order valence-electron chi connectivity index (χ1n) is 5.70. The molecule has 0 bridgehead atoms. The second-order valence-electron chi connectivity index (χ2n) is 4.29. The third kappa shape index (κ3) is 1.98. The van der Waals surface area contributed by atoms with E-state index < -0.39 is 11.4 Å². The molecule has 0 radical (unpaired) electrons. The van der Waals surface area contributed by atoms with Crippen LogP contribution in [0.4, 0.5) is 0 Å². The molecule has 0 aromatic heterocycles. The van der Waals surface area contributed by atoms with Gasteiger partial charge in [-0.15, -0.1) is 0 Å². The molecule has 0 amide bonds. The average Bonchev–Trinajstić information content (AvgIpc) is 2.36. The van der Waals surface area contributed by atoms with Crippen molar-refractivity contribution in [2.75, 3.05) is 34.5 Å². The van der Waals surface area contributed by atoms with E-state index in [-0.39, 0.29) is 13.2 Å². The van der Waals surface area contributed by atoms with Crippen LogP contribution in [-0.2, 0) is 14.9 Å². The van der Waals surface area contributed by atoms with Gasteiger partial charge in [0.15, 0.2) is 0 Å². The lowest BCUT2D eigenvalue weighted by molar-refractivity contribution is -0.163. The third-order valence-corrected chi connectivity index (χ3v) is 3.30. The summed E-state index contributed by atoms with van der Waals surface area (Å²) in [7, 11) is 4.48. The summed E-state index contributed by atoms with van der Waals surface area (Å²) < 4.78 is 20.8. The maximum atomic E-state index is 11.6. The Morgan fingerprint density at radius 1 is 1.16 bits per heavy atom. The van der Waals surface area contributed by atoms with Crippen molar-refractivity contribution in [1.82, 2.24) is 0 Å².